The van der Waals surface area contributed by atoms with Crippen LogP contribution in [0.4, 0.5) is 18.0 Å². The summed E-state index contributed by atoms with van der Waals surface area (Å²) in [6, 6.07) is 7.09. The quantitative estimate of drug-likeness (QED) is 0.853. The number of halogens is 3. The van der Waals surface area contributed by atoms with Crippen LogP contribution in [0.3, 0.4) is 0 Å². The number of carbonyl (C=O) groups excluding carboxylic acids is 1. The third-order valence-electron chi connectivity index (χ3n) is 4.83. The van der Waals surface area contributed by atoms with Gasteiger partial charge in [0.05, 0.1) is 11.8 Å². The highest BCUT2D eigenvalue weighted by molar-refractivity contribution is 5.78. The Morgan fingerprint density at radius 1 is 1.27 bits per heavy atom. The lowest BCUT2D eigenvalue weighted by molar-refractivity contribution is -0.187. The number of carbonyl (C=O) groups is 2. The topological polar surface area (TPSA) is 69.6 Å². The predicted molar refractivity (Wildman–Crippen MR) is 89.8 cm³/mol. The number of urea groups is 1. The molecule has 2 amide bonds. The average molecular weight is 372 g/mol. The van der Waals surface area contributed by atoms with Crippen molar-refractivity contribution in [2.45, 2.75) is 32.4 Å². The second kappa shape index (κ2) is 7.17. The van der Waals surface area contributed by atoms with Crippen molar-refractivity contribution in [1.29, 1.82) is 0 Å². The number of hydrogen-bond acceptors (Lipinski definition) is 2. The second-order valence-electron chi connectivity index (χ2n) is 7.41. The monoisotopic (exact) mass is 372 g/mol. The normalized spacial score (nSPS) is 20.9. The molecule has 1 aliphatic heterocycles. The van der Waals surface area contributed by atoms with E-state index < -0.39 is 48.5 Å². The Morgan fingerprint density at radius 3 is 2.42 bits per heavy atom. The first-order valence-corrected chi connectivity index (χ1v) is 8.31. The summed E-state index contributed by atoms with van der Waals surface area (Å²) >= 11 is 0. The molecular weight excluding hydrogens is 349 g/mol. The van der Waals surface area contributed by atoms with E-state index in [0.717, 1.165) is 16.0 Å². The van der Waals surface area contributed by atoms with Crippen molar-refractivity contribution in [3.05, 3.63) is 35.4 Å². The van der Waals surface area contributed by atoms with Crippen molar-refractivity contribution in [3.63, 3.8) is 0 Å². The maximum absolute atomic E-state index is 13.0. The lowest BCUT2D eigenvalue weighted by Gasteiger charge is -2.27. The second-order valence-corrected chi connectivity index (χ2v) is 7.41. The van der Waals surface area contributed by atoms with Gasteiger partial charge < -0.3 is 15.3 Å². The maximum Gasteiger partial charge on any atom is 0.394 e. The number of likely N-dealkylation sites (tertiary alicyclic amines) is 1. The van der Waals surface area contributed by atoms with Crippen molar-refractivity contribution in [1.82, 2.24) is 10.2 Å². The summed E-state index contributed by atoms with van der Waals surface area (Å²) in [4.78, 5) is 24.3. The summed E-state index contributed by atoms with van der Waals surface area (Å²) in [7, 11) is 0. The summed E-state index contributed by atoms with van der Waals surface area (Å²) < 4.78 is 39.1. The number of nitrogens with one attached hydrogen (secondary N) is 1. The van der Waals surface area contributed by atoms with Crippen molar-refractivity contribution in [2.24, 2.45) is 11.8 Å². The first kappa shape index (κ1) is 20.1. The third-order valence-corrected chi connectivity index (χ3v) is 4.83. The van der Waals surface area contributed by atoms with Gasteiger partial charge in [0.2, 0.25) is 0 Å². The standard InChI is InChI=1S/C18H23F3N2O3/c1-11-5-4-6-12(7-11)17(2,3)10-22-16(26)23-8-13(15(24)25)14(9-23)18(19,20)21/h4-7,13-14H,8-10H2,1-3H3,(H,22,26)(H,24,25)/t13-,14-/m1/s1. The lowest BCUT2D eigenvalue weighted by Crippen LogP contribution is -2.44. The molecule has 2 atom stereocenters. The molecule has 144 valence electrons. The highest BCUT2D eigenvalue weighted by Crippen LogP contribution is 2.37. The van der Waals surface area contributed by atoms with Crippen LogP contribution >= 0.6 is 0 Å². The fourth-order valence-electron chi connectivity index (χ4n) is 3.13. The van der Waals surface area contributed by atoms with E-state index in [1.165, 1.54) is 0 Å². The molecule has 0 unspecified atom stereocenters. The van der Waals surface area contributed by atoms with Crippen LogP contribution < -0.4 is 5.32 Å². The Hall–Kier alpha value is -2.25. The molecule has 0 spiro atoms. The fraction of sp³-hybridized carbons (Fsp3) is 0.556. The van der Waals surface area contributed by atoms with Gasteiger partial charge in [-0.2, -0.15) is 13.2 Å². The van der Waals surface area contributed by atoms with Gasteiger partial charge in [0.25, 0.3) is 0 Å². The molecule has 1 heterocycles. The van der Waals surface area contributed by atoms with Crippen LogP contribution in [-0.4, -0.2) is 47.8 Å². The van der Waals surface area contributed by atoms with Crippen molar-refractivity contribution < 1.29 is 27.9 Å². The van der Waals surface area contributed by atoms with Gasteiger partial charge in [-0.25, -0.2) is 4.79 Å². The molecule has 1 fully saturated rings. The zero-order valence-corrected chi connectivity index (χ0v) is 14.9. The van der Waals surface area contributed by atoms with E-state index in [1.54, 1.807) is 0 Å². The van der Waals surface area contributed by atoms with Crippen LogP contribution in [-0.2, 0) is 10.2 Å². The molecule has 0 bridgehead atoms. The highest BCUT2D eigenvalue weighted by atomic mass is 19.4. The van der Waals surface area contributed by atoms with Gasteiger partial charge in [-0.15, -0.1) is 0 Å². The summed E-state index contributed by atoms with van der Waals surface area (Å²) in [6.45, 7) is 4.93. The molecule has 0 aliphatic carbocycles. The Labute approximate surface area is 150 Å². The van der Waals surface area contributed by atoms with Gasteiger partial charge in [-0.1, -0.05) is 43.7 Å². The molecule has 1 aromatic carbocycles. The Morgan fingerprint density at radius 2 is 1.92 bits per heavy atom. The van der Waals surface area contributed by atoms with Gasteiger partial charge in [0.15, 0.2) is 0 Å². The van der Waals surface area contributed by atoms with Crippen molar-refractivity contribution in [3.8, 4) is 0 Å². The molecular formula is C18H23F3N2O3. The molecule has 26 heavy (non-hydrogen) atoms. The third kappa shape index (κ3) is 4.47. The van der Waals surface area contributed by atoms with E-state index in [2.05, 4.69) is 5.32 Å². The van der Waals surface area contributed by atoms with Gasteiger partial charge in [0, 0.05) is 25.0 Å². The number of nitrogens with zero attached hydrogens (tertiary/aromatic N) is 1. The average Bonchev–Trinajstić information content (AvgIpc) is 2.98. The number of aryl methyl sites for hydroxylation is 1. The number of rotatable bonds is 4. The van der Waals surface area contributed by atoms with Gasteiger partial charge in [0.1, 0.15) is 0 Å². The fourth-order valence-corrected chi connectivity index (χ4v) is 3.13. The van der Waals surface area contributed by atoms with E-state index in [1.807, 2.05) is 45.0 Å². The van der Waals surface area contributed by atoms with Crippen molar-refractivity contribution >= 4 is 12.0 Å². The Kier molecular flexibility index (Phi) is 5.53. The smallest absolute Gasteiger partial charge is 0.394 e. The summed E-state index contributed by atoms with van der Waals surface area (Å²) in [5.74, 6) is -5.22. The van der Waals surface area contributed by atoms with Crippen LogP contribution in [0, 0.1) is 18.8 Å². The molecule has 0 aromatic heterocycles. The molecule has 0 radical (unpaired) electrons. The van der Waals surface area contributed by atoms with Crippen molar-refractivity contribution in [2.75, 3.05) is 19.6 Å². The van der Waals surface area contributed by atoms with Gasteiger partial charge in [-0.3, -0.25) is 4.79 Å². The number of carboxylic acid groups (broad SMARTS) is 1. The Balaban J connectivity index is 2.03. The van der Waals surface area contributed by atoms with Crippen LogP contribution in [0.2, 0.25) is 0 Å². The maximum atomic E-state index is 13.0. The first-order valence-electron chi connectivity index (χ1n) is 8.31. The van der Waals surface area contributed by atoms with Crippen LogP contribution in [0.25, 0.3) is 0 Å². The minimum atomic E-state index is -4.65. The number of amides is 2. The minimum Gasteiger partial charge on any atom is -0.481 e. The molecule has 1 aliphatic rings. The number of alkyl halides is 3. The molecule has 8 heteroatoms. The largest absolute Gasteiger partial charge is 0.481 e. The summed E-state index contributed by atoms with van der Waals surface area (Å²) in [5, 5.41) is 11.7. The molecule has 2 rings (SSSR count). The summed E-state index contributed by atoms with van der Waals surface area (Å²) in [6.07, 6.45) is -4.65. The molecule has 1 saturated heterocycles. The number of hydrogen-bond donors (Lipinski definition) is 2. The van der Waals surface area contributed by atoms with Gasteiger partial charge >= 0.3 is 18.2 Å². The SMILES string of the molecule is Cc1cccc(C(C)(C)CNC(=O)N2C[C@@H](C(F)(F)F)[C@H](C(=O)O)C2)c1. The number of benzene rings is 1. The molecule has 1 aromatic rings. The van der Waals surface area contributed by atoms with E-state index in [4.69, 9.17) is 5.11 Å². The van der Waals surface area contributed by atoms with E-state index in [9.17, 15) is 22.8 Å². The lowest BCUT2D eigenvalue weighted by atomic mass is 9.84. The minimum absolute atomic E-state index is 0.222. The zero-order valence-electron chi connectivity index (χ0n) is 14.9. The van der Waals surface area contributed by atoms with Crippen LogP contribution in [0.1, 0.15) is 25.0 Å². The molecule has 0 saturated carbocycles. The van der Waals surface area contributed by atoms with E-state index in [0.29, 0.717) is 0 Å². The molecule has 5 nitrogen and oxygen atoms in total. The highest BCUT2D eigenvalue weighted by Gasteiger charge is 2.53. The van der Waals surface area contributed by atoms with Crippen LogP contribution in [0.15, 0.2) is 24.3 Å². The first-order chi connectivity index (χ1) is 11.9. The number of carboxylic acids is 1. The van der Waals surface area contributed by atoms with Gasteiger partial charge in [-0.05, 0) is 12.5 Å². The summed E-state index contributed by atoms with van der Waals surface area (Å²) in [5.41, 5.74) is 1.64. The number of aliphatic carboxylic acids is 1. The van der Waals surface area contributed by atoms with E-state index in [-0.39, 0.29) is 6.54 Å². The van der Waals surface area contributed by atoms with Crippen LogP contribution in [0.5, 0.6) is 0 Å². The predicted octanol–water partition coefficient (Wildman–Crippen LogP) is 3.18. The Bertz CT molecular complexity index is 689. The molecule has 2 N–H and O–H groups in total. The van der Waals surface area contributed by atoms with E-state index >= 15 is 0 Å². The zero-order chi connectivity index (χ0) is 19.7.